The van der Waals surface area contributed by atoms with Crippen LogP contribution in [0.1, 0.15) is 12.0 Å². The number of hydrogen-bond acceptors (Lipinski definition) is 5. The van der Waals surface area contributed by atoms with Gasteiger partial charge >= 0.3 is 18.1 Å². The Labute approximate surface area is 169 Å². The van der Waals surface area contributed by atoms with Crippen LogP contribution < -0.4 is 5.73 Å². The first-order valence-electron chi connectivity index (χ1n) is 8.23. The van der Waals surface area contributed by atoms with Gasteiger partial charge in [-0.2, -0.15) is 13.2 Å². The first kappa shape index (κ1) is 24.7. The Morgan fingerprint density at radius 2 is 1.79 bits per heavy atom. The quantitative estimate of drug-likeness (QED) is 0.633. The third-order valence-corrected chi connectivity index (χ3v) is 4.34. The number of likely N-dealkylation sites (tertiary alicyclic amines) is 1. The van der Waals surface area contributed by atoms with Crippen molar-refractivity contribution in [3.8, 4) is 0 Å². The molecule has 1 saturated heterocycles. The average molecular weight is 441 g/mol. The summed E-state index contributed by atoms with van der Waals surface area (Å²) in [6.07, 6.45) is -4.74. The number of rotatable bonds is 5. The van der Waals surface area contributed by atoms with Gasteiger partial charge < -0.3 is 25.6 Å². The molecule has 12 heteroatoms. The molecule has 162 valence electrons. The highest BCUT2D eigenvalue weighted by molar-refractivity contribution is 6.30. The Bertz CT molecular complexity index is 729. The number of carboxylic acid groups (broad SMARTS) is 2. The zero-order chi connectivity index (χ0) is 22.4. The maximum atomic E-state index is 12.4. The molecule has 4 N–H and O–H groups in total. The fraction of sp³-hybridized carbons (Fsp3) is 0.471. The zero-order valence-electron chi connectivity index (χ0n) is 15.2. The number of benzene rings is 1. The number of nitrogens with two attached hydrogens (primary N) is 1. The van der Waals surface area contributed by atoms with E-state index in [1.807, 2.05) is 0 Å². The van der Waals surface area contributed by atoms with Crippen LogP contribution in [0.15, 0.2) is 24.3 Å². The van der Waals surface area contributed by atoms with Crippen LogP contribution in [0.25, 0.3) is 0 Å². The molecule has 0 bridgehead atoms. The minimum Gasteiger partial charge on any atom is -0.480 e. The monoisotopic (exact) mass is 440 g/mol. The van der Waals surface area contributed by atoms with Gasteiger partial charge in [-0.15, -0.1) is 0 Å². The number of carbonyl (C=O) groups is 3. The van der Waals surface area contributed by atoms with E-state index < -0.39 is 30.2 Å². The summed E-state index contributed by atoms with van der Waals surface area (Å²) in [6, 6.07) is 5.38. The largest absolute Gasteiger partial charge is 0.490 e. The molecular weight excluding hydrogens is 421 g/mol. The van der Waals surface area contributed by atoms with E-state index in [0.717, 1.165) is 5.56 Å². The molecule has 1 aromatic rings. The topological polar surface area (TPSA) is 130 Å². The zero-order valence-corrected chi connectivity index (χ0v) is 16.0. The van der Waals surface area contributed by atoms with Crippen LogP contribution in [0.3, 0.4) is 0 Å². The van der Waals surface area contributed by atoms with Gasteiger partial charge in [0.15, 0.2) is 0 Å². The average Bonchev–Trinajstić information content (AvgIpc) is 3.07. The van der Waals surface area contributed by atoms with Gasteiger partial charge in [0.05, 0.1) is 12.1 Å². The summed E-state index contributed by atoms with van der Waals surface area (Å²) < 4.78 is 36.9. The Morgan fingerprint density at radius 3 is 2.21 bits per heavy atom. The predicted octanol–water partition coefficient (Wildman–Crippen LogP) is 1.54. The molecular formula is C17H20ClF3N2O6. The van der Waals surface area contributed by atoms with Gasteiger partial charge in [0.25, 0.3) is 0 Å². The molecule has 1 aliphatic rings. The number of hydrogen-bond donors (Lipinski definition) is 3. The number of carbonyl (C=O) groups excluding carboxylic acids is 1. The van der Waals surface area contributed by atoms with Crippen molar-refractivity contribution in [1.82, 2.24) is 4.90 Å². The van der Waals surface area contributed by atoms with Crippen molar-refractivity contribution in [2.45, 2.75) is 37.2 Å². The van der Waals surface area contributed by atoms with Crippen LogP contribution in [0.5, 0.6) is 0 Å². The Balaban J connectivity index is 0.000000516. The summed E-state index contributed by atoms with van der Waals surface area (Å²) in [5.41, 5.74) is 6.83. The number of alkyl halides is 3. The van der Waals surface area contributed by atoms with E-state index in [1.165, 1.54) is 12.0 Å². The minimum absolute atomic E-state index is 0.251. The lowest BCUT2D eigenvalue weighted by molar-refractivity contribution is -0.192. The number of methoxy groups -OCH3 is 1. The van der Waals surface area contributed by atoms with E-state index in [2.05, 4.69) is 0 Å². The van der Waals surface area contributed by atoms with Gasteiger partial charge in [0.1, 0.15) is 6.04 Å². The van der Waals surface area contributed by atoms with Gasteiger partial charge in [-0.05, 0) is 24.1 Å². The molecule has 1 aromatic carbocycles. The van der Waals surface area contributed by atoms with Crippen LogP contribution in [-0.4, -0.2) is 71.0 Å². The number of ether oxygens (including phenoxy) is 1. The predicted molar refractivity (Wildman–Crippen MR) is 95.4 cm³/mol. The Kier molecular flexibility index (Phi) is 8.86. The Morgan fingerprint density at radius 1 is 1.28 bits per heavy atom. The summed E-state index contributed by atoms with van der Waals surface area (Å²) in [5.74, 6) is -4.17. The van der Waals surface area contributed by atoms with Gasteiger partial charge in [0.2, 0.25) is 5.91 Å². The van der Waals surface area contributed by atoms with Gasteiger partial charge in [-0.25, -0.2) is 9.59 Å². The summed E-state index contributed by atoms with van der Waals surface area (Å²) in [6.45, 7) is 0.251. The molecule has 1 unspecified atom stereocenters. The fourth-order valence-corrected chi connectivity index (χ4v) is 2.75. The van der Waals surface area contributed by atoms with Crippen molar-refractivity contribution in [1.29, 1.82) is 0 Å². The molecule has 0 spiro atoms. The van der Waals surface area contributed by atoms with Crippen LogP contribution in [0.2, 0.25) is 5.02 Å². The highest BCUT2D eigenvalue weighted by atomic mass is 35.5. The van der Waals surface area contributed by atoms with Gasteiger partial charge in [-0.1, -0.05) is 23.7 Å². The van der Waals surface area contributed by atoms with Crippen molar-refractivity contribution in [2.75, 3.05) is 13.7 Å². The molecule has 3 atom stereocenters. The molecule has 1 amide bonds. The molecule has 0 saturated carbocycles. The van der Waals surface area contributed by atoms with Crippen LogP contribution in [-0.2, 0) is 25.5 Å². The summed E-state index contributed by atoms with van der Waals surface area (Å²) in [7, 11) is 1.51. The Hall–Kier alpha value is -2.37. The lowest BCUT2D eigenvalue weighted by atomic mass is 10.1. The van der Waals surface area contributed by atoms with E-state index in [9.17, 15) is 27.9 Å². The van der Waals surface area contributed by atoms with E-state index in [-0.39, 0.29) is 25.0 Å². The smallest absolute Gasteiger partial charge is 0.480 e. The maximum absolute atomic E-state index is 12.4. The highest BCUT2D eigenvalue weighted by Gasteiger charge is 2.41. The molecule has 0 aliphatic carbocycles. The number of carboxylic acids is 2. The second kappa shape index (κ2) is 10.4. The number of amides is 1. The number of aliphatic carboxylic acids is 2. The molecule has 8 nitrogen and oxygen atoms in total. The maximum Gasteiger partial charge on any atom is 0.490 e. The highest BCUT2D eigenvalue weighted by Crippen LogP contribution is 2.22. The minimum atomic E-state index is -5.08. The lowest BCUT2D eigenvalue weighted by Gasteiger charge is -2.24. The van der Waals surface area contributed by atoms with E-state index in [1.54, 1.807) is 24.3 Å². The van der Waals surface area contributed by atoms with Crippen LogP contribution in [0.4, 0.5) is 13.2 Å². The molecule has 1 heterocycles. The van der Waals surface area contributed by atoms with Crippen molar-refractivity contribution < 1.29 is 42.5 Å². The van der Waals surface area contributed by atoms with Crippen LogP contribution in [0, 0.1) is 0 Å². The molecule has 1 fully saturated rings. The normalized spacial score (nSPS) is 19.9. The first-order chi connectivity index (χ1) is 13.4. The third kappa shape index (κ3) is 7.52. The fourth-order valence-electron chi connectivity index (χ4n) is 2.62. The van der Waals surface area contributed by atoms with Crippen molar-refractivity contribution in [3.63, 3.8) is 0 Å². The second-order valence-electron chi connectivity index (χ2n) is 6.18. The molecule has 1 aliphatic heterocycles. The lowest BCUT2D eigenvalue weighted by Crippen LogP contribution is -2.49. The standard InChI is InChI=1S/C15H19ClN2O4.C2HF3O2/c1-22-11-7-13(15(20)21)18(8-11)14(19)12(17)6-9-2-4-10(16)5-3-9;3-2(4,5)1(6)7/h2-5,11-13H,6-8,17H2,1H3,(H,20,21);(H,6,7)/t11-,12?,13+;/m1./s1. The third-order valence-electron chi connectivity index (χ3n) is 4.09. The first-order valence-corrected chi connectivity index (χ1v) is 8.60. The summed E-state index contributed by atoms with van der Waals surface area (Å²) in [4.78, 5) is 33.9. The molecule has 2 rings (SSSR count). The van der Waals surface area contributed by atoms with E-state index >= 15 is 0 Å². The van der Waals surface area contributed by atoms with Crippen molar-refractivity contribution in [2.24, 2.45) is 5.73 Å². The molecule has 0 aromatic heterocycles. The van der Waals surface area contributed by atoms with Crippen molar-refractivity contribution >= 4 is 29.4 Å². The SMILES string of the molecule is CO[C@@H]1C[C@@H](C(=O)O)N(C(=O)C(N)Cc2ccc(Cl)cc2)C1.O=C(O)C(F)(F)F. The number of halogens is 4. The van der Waals surface area contributed by atoms with Crippen LogP contribution >= 0.6 is 11.6 Å². The number of nitrogens with zero attached hydrogens (tertiary/aromatic N) is 1. The molecule has 29 heavy (non-hydrogen) atoms. The van der Waals surface area contributed by atoms with Gasteiger partial charge in [0, 0.05) is 25.1 Å². The van der Waals surface area contributed by atoms with E-state index in [4.69, 9.17) is 32.0 Å². The molecule has 0 radical (unpaired) electrons. The van der Waals surface area contributed by atoms with Crippen molar-refractivity contribution in [3.05, 3.63) is 34.9 Å². The summed E-state index contributed by atoms with van der Waals surface area (Å²) in [5, 5.41) is 17.0. The van der Waals surface area contributed by atoms with E-state index in [0.29, 0.717) is 11.4 Å². The van der Waals surface area contributed by atoms with Gasteiger partial charge in [-0.3, -0.25) is 4.79 Å². The summed E-state index contributed by atoms with van der Waals surface area (Å²) >= 11 is 5.81. The second-order valence-corrected chi connectivity index (χ2v) is 6.61.